The summed E-state index contributed by atoms with van der Waals surface area (Å²) in [6.45, 7) is 0.918. The van der Waals surface area contributed by atoms with Crippen LogP contribution in [0.3, 0.4) is 0 Å². The second kappa shape index (κ2) is 10.6. The van der Waals surface area contributed by atoms with Crippen LogP contribution < -0.4 is 14.8 Å². The Morgan fingerprint density at radius 2 is 1.28 bits per heavy atom. The van der Waals surface area contributed by atoms with Gasteiger partial charge in [0, 0.05) is 17.3 Å². The molecule has 4 aromatic carbocycles. The Balaban J connectivity index is 1.34. The third-order valence-corrected chi connectivity index (χ3v) is 5.50. The van der Waals surface area contributed by atoms with E-state index in [4.69, 9.17) is 44.3 Å². The minimum absolute atomic E-state index is 0.353. The predicted octanol–water partition coefficient (Wildman–Crippen LogP) is 8.63. The number of hydrogen-bond donors (Lipinski definition) is 1. The van der Waals surface area contributed by atoms with E-state index in [-0.39, 0.29) is 0 Å². The van der Waals surface area contributed by atoms with Crippen molar-refractivity contribution in [2.24, 2.45) is 0 Å². The van der Waals surface area contributed by atoms with Crippen LogP contribution in [0.4, 0.5) is 5.69 Å². The Bertz CT molecular complexity index is 1140. The van der Waals surface area contributed by atoms with Crippen LogP contribution in [0.1, 0.15) is 11.1 Å². The summed E-state index contributed by atoms with van der Waals surface area (Å²) < 4.78 is 11.7. The number of hydrogen-bond acceptors (Lipinski definition) is 3. The standard InChI is InChI=1S/C26H20Cl3NO2/c27-20-8-6-18(7-9-20)17-31-26-24(28)14-19(15-25(26)29)16-30-21-10-12-23(13-11-21)32-22-4-2-1-3-5-22/h1-15,30H,16-17H2. The Morgan fingerprint density at radius 1 is 0.656 bits per heavy atom. The topological polar surface area (TPSA) is 30.5 Å². The third-order valence-electron chi connectivity index (χ3n) is 4.68. The van der Waals surface area contributed by atoms with Crippen molar-refractivity contribution in [3.8, 4) is 17.2 Å². The second-order valence-electron chi connectivity index (χ2n) is 7.10. The quantitative estimate of drug-likeness (QED) is 0.271. The van der Waals surface area contributed by atoms with Gasteiger partial charge in [-0.15, -0.1) is 0 Å². The highest BCUT2D eigenvalue weighted by molar-refractivity contribution is 6.37. The van der Waals surface area contributed by atoms with E-state index in [9.17, 15) is 0 Å². The summed E-state index contributed by atoms with van der Waals surface area (Å²) in [5.41, 5.74) is 2.89. The molecule has 0 aromatic heterocycles. The Hall–Kier alpha value is -2.85. The summed E-state index contributed by atoms with van der Waals surface area (Å²) in [6, 6.07) is 28.6. The maximum Gasteiger partial charge on any atom is 0.156 e. The molecule has 0 aliphatic carbocycles. The van der Waals surface area contributed by atoms with E-state index in [1.54, 1.807) is 0 Å². The monoisotopic (exact) mass is 483 g/mol. The van der Waals surface area contributed by atoms with E-state index in [1.807, 2.05) is 91.0 Å². The zero-order valence-corrected chi connectivity index (χ0v) is 19.3. The molecule has 0 saturated heterocycles. The van der Waals surface area contributed by atoms with Crippen LogP contribution in [0.2, 0.25) is 15.1 Å². The summed E-state index contributed by atoms with van der Waals surface area (Å²) in [5.74, 6) is 2.04. The number of ether oxygens (including phenoxy) is 2. The Morgan fingerprint density at radius 3 is 1.94 bits per heavy atom. The molecule has 4 rings (SSSR count). The van der Waals surface area contributed by atoms with Crippen LogP contribution in [0, 0.1) is 0 Å². The molecule has 0 heterocycles. The fourth-order valence-electron chi connectivity index (χ4n) is 3.06. The molecule has 1 N–H and O–H groups in total. The fraction of sp³-hybridized carbons (Fsp3) is 0.0769. The van der Waals surface area contributed by atoms with E-state index in [0.29, 0.717) is 34.0 Å². The molecule has 0 aliphatic heterocycles. The molecule has 4 aromatic rings. The van der Waals surface area contributed by atoms with Gasteiger partial charge in [0.1, 0.15) is 18.1 Å². The molecule has 0 atom stereocenters. The summed E-state index contributed by atoms with van der Waals surface area (Å²) in [4.78, 5) is 0. The van der Waals surface area contributed by atoms with Gasteiger partial charge in [-0.3, -0.25) is 0 Å². The lowest BCUT2D eigenvalue weighted by molar-refractivity contribution is 0.306. The smallest absolute Gasteiger partial charge is 0.156 e. The molecule has 0 aliphatic rings. The number of nitrogens with one attached hydrogen (secondary N) is 1. The number of rotatable bonds is 8. The van der Waals surface area contributed by atoms with Gasteiger partial charge in [0.25, 0.3) is 0 Å². The largest absolute Gasteiger partial charge is 0.486 e. The summed E-state index contributed by atoms with van der Waals surface area (Å²) >= 11 is 18.8. The lowest BCUT2D eigenvalue weighted by atomic mass is 10.2. The van der Waals surface area contributed by atoms with Crippen molar-refractivity contribution in [3.05, 3.63) is 117 Å². The average Bonchev–Trinajstić information content (AvgIpc) is 2.80. The molecule has 0 radical (unpaired) electrons. The third kappa shape index (κ3) is 6.10. The first-order valence-electron chi connectivity index (χ1n) is 9.99. The molecule has 0 fully saturated rings. The maximum atomic E-state index is 6.43. The van der Waals surface area contributed by atoms with E-state index < -0.39 is 0 Å². The van der Waals surface area contributed by atoms with Crippen LogP contribution >= 0.6 is 34.8 Å². The molecule has 0 spiro atoms. The fourth-order valence-corrected chi connectivity index (χ4v) is 3.83. The van der Waals surface area contributed by atoms with Crippen LogP contribution in [0.5, 0.6) is 17.2 Å². The molecule has 6 heteroatoms. The highest BCUT2D eigenvalue weighted by Crippen LogP contribution is 2.35. The number of para-hydroxylation sites is 1. The van der Waals surface area contributed by atoms with Crippen molar-refractivity contribution >= 4 is 40.5 Å². The summed E-state index contributed by atoms with van der Waals surface area (Å²) in [6.07, 6.45) is 0. The van der Waals surface area contributed by atoms with Crippen molar-refractivity contribution in [1.82, 2.24) is 0 Å². The molecule has 0 saturated carbocycles. The molecule has 3 nitrogen and oxygen atoms in total. The Kier molecular flexibility index (Phi) is 7.43. The second-order valence-corrected chi connectivity index (χ2v) is 8.35. The van der Waals surface area contributed by atoms with Crippen LogP contribution in [-0.2, 0) is 13.2 Å². The van der Waals surface area contributed by atoms with E-state index in [1.165, 1.54) is 0 Å². The molecule has 0 unspecified atom stereocenters. The van der Waals surface area contributed by atoms with Gasteiger partial charge >= 0.3 is 0 Å². The van der Waals surface area contributed by atoms with Crippen molar-refractivity contribution in [1.29, 1.82) is 0 Å². The van der Waals surface area contributed by atoms with Crippen LogP contribution in [-0.4, -0.2) is 0 Å². The summed E-state index contributed by atoms with van der Waals surface area (Å²) in [7, 11) is 0. The zero-order valence-electron chi connectivity index (χ0n) is 17.0. The van der Waals surface area contributed by atoms with Crippen LogP contribution in [0.15, 0.2) is 91.0 Å². The first-order chi connectivity index (χ1) is 15.6. The first kappa shape index (κ1) is 22.3. The van der Waals surface area contributed by atoms with Gasteiger partial charge < -0.3 is 14.8 Å². The minimum atomic E-state index is 0.353. The van der Waals surface area contributed by atoms with Gasteiger partial charge in [0.05, 0.1) is 10.0 Å². The lowest BCUT2D eigenvalue weighted by Crippen LogP contribution is -2.01. The van der Waals surface area contributed by atoms with E-state index in [0.717, 1.165) is 28.3 Å². The Labute approximate surface area is 202 Å². The highest BCUT2D eigenvalue weighted by Gasteiger charge is 2.10. The van der Waals surface area contributed by atoms with Crippen molar-refractivity contribution in [2.45, 2.75) is 13.2 Å². The predicted molar refractivity (Wildman–Crippen MR) is 133 cm³/mol. The van der Waals surface area contributed by atoms with Crippen molar-refractivity contribution in [2.75, 3.05) is 5.32 Å². The zero-order chi connectivity index (χ0) is 22.3. The molecule has 0 amide bonds. The molecule has 32 heavy (non-hydrogen) atoms. The molecule has 0 bridgehead atoms. The average molecular weight is 485 g/mol. The highest BCUT2D eigenvalue weighted by atomic mass is 35.5. The number of benzene rings is 4. The molecule has 162 valence electrons. The normalized spacial score (nSPS) is 10.6. The van der Waals surface area contributed by atoms with Gasteiger partial charge in [-0.2, -0.15) is 0 Å². The maximum absolute atomic E-state index is 6.43. The van der Waals surface area contributed by atoms with Gasteiger partial charge in [-0.1, -0.05) is 65.1 Å². The number of halogens is 3. The van der Waals surface area contributed by atoms with Crippen molar-refractivity contribution in [3.63, 3.8) is 0 Å². The van der Waals surface area contributed by atoms with Crippen molar-refractivity contribution < 1.29 is 9.47 Å². The van der Waals surface area contributed by atoms with Gasteiger partial charge in [-0.25, -0.2) is 0 Å². The van der Waals surface area contributed by atoms with Gasteiger partial charge in [0.2, 0.25) is 0 Å². The van der Waals surface area contributed by atoms with E-state index >= 15 is 0 Å². The molecular weight excluding hydrogens is 465 g/mol. The molecular formula is C26H20Cl3NO2. The van der Waals surface area contributed by atoms with E-state index in [2.05, 4.69) is 5.32 Å². The SMILES string of the molecule is Clc1ccc(COc2c(Cl)cc(CNc3ccc(Oc4ccccc4)cc3)cc2Cl)cc1. The lowest BCUT2D eigenvalue weighted by Gasteiger charge is -2.13. The minimum Gasteiger partial charge on any atom is -0.486 e. The number of anilines is 1. The van der Waals surface area contributed by atoms with Crippen LogP contribution in [0.25, 0.3) is 0 Å². The first-order valence-corrected chi connectivity index (χ1v) is 11.1. The van der Waals surface area contributed by atoms with Gasteiger partial charge in [-0.05, 0) is 71.8 Å². The summed E-state index contributed by atoms with van der Waals surface area (Å²) in [5, 5.41) is 4.98. The van der Waals surface area contributed by atoms with Gasteiger partial charge in [0.15, 0.2) is 5.75 Å².